The summed E-state index contributed by atoms with van der Waals surface area (Å²) in [6.07, 6.45) is 9.80. The monoisotopic (exact) mass is 629 g/mol. The Balaban J connectivity index is 0.981. The summed E-state index contributed by atoms with van der Waals surface area (Å²) in [5.41, 5.74) is 5.09. The standard InChI is InChI=1S/C35H47N7O2S/c1-25-4-5-26(2)42(25)33-22-34(40-20-21-44-24-27(40)3)45-41(23-33)32-12-8-29(9-13-32)37-35(43)36-28-6-10-30(11-7-28)38-16-18-39(19-17-38)31-14-15-31/h6-13,22-23,25-27,31H,4-5,14-21,24H2,1-3H3,(H2,36,37,43)/t25-,26+,27?. The lowest BCUT2D eigenvalue weighted by atomic mass is 10.2. The predicted octanol–water partition coefficient (Wildman–Crippen LogP) is 6.36. The molecule has 1 aliphatic carbocycles. The van der Waals surface area contributed by atoms with Gasteiger partial charge in [0.1, 0.15) is 0 Å². The molecule has 10 heteroatoms. The van der Waals surface area contributed by atoms with Gasteiger partial charge in [-0.25, -0.2) is 4.79 Å². The Morgan fingerprint density at radius 1 is 0.778 bits per heavy atom. The lowest BCUT2D eigenvalue weighted by Gasteiger charge is -2.41. The Morgan fingerprint density at radius 3 is 2.00 bits per heavy atom. The van der Waals surface area contributed by atoms with Crippen LogP contribution in [0.3, 0.4) is 0 Å². The molecule has 0 bridgehead atoms. The lowest BCUT2D eigenvalue weighted by Crippen LogP contribution is -2.47. The van der Waals surface area contributed by atoms with Crippen LogP contribution >= 0.6 is 11.9 Å². The van der Waals surface area contributed by atoms with Gasteiger partial charge in [-0.3, -0.25) is 9.21 Å². The van der Waals surface area contributed by atoms with Crippen LogP contribution in [0.5, 0.6) is 0 Å². The largest absolute Gasteiger partial charge is 0.377 e. The Kier molecular flexibility index (Phi) is 8.88. The number of hydrogen-bond acceptors (Lipinski definition) is 8. The number of carbonyl (C=O) groups excluding carboxylic acids is 1. The summed E-state index contributed by atoms with van der Waals surface area (Å²) in [6.45, 7) is 13.7. The maximum atomic E-state index is 12.9. The van der Waals surface area contributed by atoms with Gasteiger partial charge in [-0.05, 0) is 101 Å². The van der Waals surface area contributed by atoms with Crippen LogP contribution in [0.15, 0.2) is 71.5 Å². The van der Waals surface area contributed by atoms with Crippen molar-refractivity contribution in [1.29, 1.82) is 0 Å². The van der Waals surface area contributed by atoms with Crippen LogP contribution in [0.2, 0.25) is 0 Å². The Hall–Kier alpha value is -3.34. The van der Waals surface area contributed by atoms with E-state index in [1.54, 1.807) is 11.9 Å². The first-order valence-corrected chi connectivity index (χ1v) is 17.5. The third kappa shape index (κ3) is 6.93. The van der Waals surface area contributed by atoms with E-state index in [0.29, 0.717) is 18.1 Å². The van der Waals surface area contributed by atoms with Crippen molar-refractivity contribution in [3.05, 3.63) is 71.5 Å². The van der Waals surface area contributed by atoms with Gasteiger partial charge in [0.05, 0.1) is 35.7 Å². The molecule has 1 unspecified atom stereocenters. The third-order valence-corrected chi connectivity index (χ3v) is 10.9. The summed E-state index contributed by atoms with van der Waals surface area (Å²) >= 11 is 1.75. The number of amides is 2. The average molecular weight is 630 g/mol. The third-order valence-electron chi connectivity index (χ3n) is 9.86. The highest BCUT2D eigenvalue weighted by atomic mass is 32.2. The summed E-state index contributed by atoms with van der Waals surface area (Å²) in [4.78, 5) is 23.0. The number of nitrogens with zero attached hydrogens (tertiary/aromatic N) is 5. The van der Waals surface area contributed by atoms with Crippen LogP contribution in [0.25, 0.3) is 0 Å². The number of ether oxygens (including phenoxy) is 1. The first kappa shape index (κ1) is 30.3. The highest BCUT2D eigenvalue weighted by Crippen LogP contribution is 2.40. The van der Waals surface area contributed by atoms with Crippen molar-refractivity contribution in [3.63, 3.8) is 0 Å². The quantitative estimate of drug-likeness (QED) is 0.343. The zero-order valence-electron chi connectivity index (χ0n) is 26.8. The molecular weight excluding hydrogens is 582 g/mol. The van der Waals surface area contributed by atoms with E-state index in [1.807, 2.05) is 24.3 Å². The van der Waals surface area contributed by atoms with Gasteiger partial charge in [-0.2, -0.15) is 0 Å². The van der Waals surface area contributed by atoms with Crippen LogP contribution in [-0.4, -0.2) is 90.8 Å². The first-order valence-electron chi connectivity index (χ1n) is 16.7. The SMILES string of the molecule is CC1COCCN1C1=CC(N2[C@H](C)CC[C@@H]2C)=CN(c2ccc(NC(=O)Nc3ccc(N4CCN(C5CC5)CC4)cc3)cc2)S1. The summed E-state index contributed by atoms with van der Waals surface area (Å²) < 4.78 is 8.00. The van der Waals surface area contributed by atoms with E-state index in [0.717, 1.165) is 69.0 Å². The maximum absolute atomic E-state index is 12.9. The number of nitrogens with one attached hydrogen (secondary N) is 2. The molecule has 5 aliphatic rings. The van der Waals surface area contributed by atoms with Gasteiger partial charge in [0.25, 0.3) is 0 Å². The highest BCUT2D eigenvalue weighted by Gasteiger charge is 2.33. The fourth-order valence-electron chi connectivity index (χ4n) is 7.13. The minimum Gasteiger partial charge on any atom is -0.377 e. The Labute approximate surface area is 272 Å². The smallest absolute Gasteiger partial charge is 0.323 e. The summed E-state index contributed by atoms with van der Waals surface area (Å²) in [5.74, 6) is 0. The number of allylic oxidation sites excluding steroid dienone is 1. The number of anilines is 4. The fourth-order valence-corrected chi connectivity index (χ4v) is 8.26. The number of carbonyl (C=O) groups is 1. The number of morpholine rings is 1. The van der Waals surface area contributed by atoms with E-state index >= 15 is 0 Å². The number of hydrogen-bond donors (Lipinski definition) is 2. The molecule has 0 radical (unpaired) electrons. The van der Waals surface area contributed by atoms with Crippen molar-refractivity contribution in [2.75, 3.05) is 65.8 Å². The van der Waals surface area contributed by atoms with Crippen molar-refractivity contribution in [2.24, 2.45) is 0 Å². The van der Waals surface area contributed by atoms with Crippen LogP contribution in [0, 0.1) is 0 Å². The number of piperazine rings is 1. The van der Waals surface area contributed by atoms with Crippen LogP contribution in [0.1, 0.15) is 46.5 Å². The van der Waals surface area contributed by atoms with Crippen molar-refractivity contribution in [2.45, 2.75) is 70.6 Å². The highest BCUT2D eigenvalue weighted by molar-refractivity contribution is 8.04. The molecule has 4 heterocycles. The number of benzene rings is 2. The number of rotatable bonds is 7. The molecule has 2 N–H and O–H groups in total. The van der Waals surface area contributed by atoms with Gasteiger partial charge in [0.15, 0.2) is 0 Å². The molecule has 3 atom stereocenters. The Morgan fingerprint density at radius 2 is 1.40 bits per heavy atom. The van der Waals surface area contributed by atoms with E-state index in [1.165, 1.54) is 42.1 Å². The molecule has 2 aromatic carbocycles. The second-order valence-corrected chi connectivity index (χ2v) is 14.2. The molecule has 240 valence electrons. The molecule has 3 saturated heterocycles. The molecule has 4 aliphatic heterocycles. The van der Waals surface area contributed by atoms with Crippen molar-refractivity contribution in [3.8, 4) is 0 Å². The molecule has 4 fully saturated rings. The topological polar surface area (TPSA) is 66.6 Å². The average Bonchev–Trinajstić information content (AvgIpc) is 3.85. The molecule has 9 nitrogen and oxygen atoms in total. The summed E-state index contributed by atoms with van der Waals surface area (Å²) in [5, 5.41) is 7.25. The number of likely N-dealkylation sites (tertiary alicyclic amines) is 1. The minimum absolute atomic E-state index is 0.244. The van der Waals surface area contributed by atoms with Crippen molar-refractivity contribution >= 4 is 40.7 Å². The molecular formula is C35H47N7O2S. The van der Waals surface area contributed by atoms with Crippen molar-refractivity contribution in [1.82, 2.24) is 14.7 Å². The lowest BCUT2D eigenvalue weighted by molar-refractivity contribution is 0.0211. The molecule has 0 aromatic heterocycles. The van der Waals surface area contributed by atoms with Crippen molar-refractivity contribution < 1.29 is 9.53 Å². The normalized spacial score (nSPS) is 26.1. The van der Waals surface area contributed by atoms with Gasteiger partial charge in [0, 0.05) is 86.1 Å². The molecule has 2 amide bonds. The van der Waals surface area contributed by atoms with E-state index in [-0.39, 0.29) is 6.03 Å². The second-order valence-electron chi connectivity index (χ2n) is 13.2. The molecule has 7 rings (SSSR count). The Bertz CT molecular complexity index is 1390. The zero-order valence-corrected chi connectivity index (χ0v) is 27.6. The predicted molar refractivity (Wildman–Crippen MR) is 186 cm³/mol. The van der Waals surface area contributed by atoms with Gasteiger partial charge in [0.2, 0.25) is 0 Å². The minimum atomic E-state index is -0.244. The van der Waals surface area contributed by atoms with Crippen LogP contribution < -0.4 is 19.8 Å². The van der Waals surface area contributed by atoms with Gasteiger partial charge in [-0.1, -0.05) is 0 Å². The van der Waals surface area contributed by atoms with Crippen LogP contribution in [0.4, 0.5) is 27.5 Å². The van der Waals surface area contributed by atoms with Crippen LogP contribution in [-0.2, 0) is 4.74 Å². The van der Waals surface area contributed by atoms with Gasteiger partial charge >= 0.3 is 6.03 Å². The first-order chi connectivity index (χ1) is 21.9. The maximum Gasteiger partial charge on any atom is 0.323 e. The van der Waals surface area contributed by atoms with E-state index in [9.17, 15) is 4.79 Å². The molecule has 1 saturated carbocycles. The molecule has 0 spiro atoms. The summed E-state index contributed by atoms with van der Waals surface area (Å²) in [6, 6.07) is 18.3. The van der Waals surface area contributed by atoms with Gasteiger partial charge in [-0.15, -0.1) is 0 Å². The van der Waals surface area contributed by atoms with E-state index in [2.05, 4.69) is 91.9 Å². The summed E-state index contributed by atoms with van der Waals surface area (Å²) in [7, 11) is 0. The zero-order chi connectivity index (χ0) is 30.9. The van der Waals surface area contributed by atoms with E-state index in [4.69, 9.17) is 4.74 Å². The molecule has 2 aromatic rings. The fraction of sp³-hybridized carbons (Fsp3) is 0.514. The van der Waals surface area contributed by atoms with Gasteiger partial charge < -0.3 is 30.1 Å². The molecule has 45 heavy (non-hydrogen) atoms. The second kappa shape index (κ2) is 13.2. The van der Waals surface area contributed by atoms with E-state index < -0.39 is 0 Å². The number of urea groups is 1.